The zero-order valence-corrected chi connectivity index (χ0v) is 22.2. The van der Waals surface area contributed by atoms with Crippen molar-refractivity contribution in [2.75, 3.05) is 19.6 Å². The molecule has 6 heteroatoms. The van der Waals surface area contributed by atoms with Crippen molar-refractivity contribution in [3.05, 3.63) is 65.4 Å². The zero-order chi connectivity index (χ0) is 25.8. The van der Waals surface area contributed by atoms with E-state index in [2.05, 4.69) is 52.0 Å². The minimum absolute atomic E-state index is 0.0141. The minimum Gasteiger partial charge on any atom is -0.427 e. The smallest absolute Gasteiger partial charge is 0.308 e. The first kappa shape index (κ1) is 25.5. The van der Waals surface area contributed by atoms with Gasteiger partial charge >= 0.3 is 5.97 Å². The standard InChI is InChI=1S/C31H39N3O3/c1-22-30(31(36)32-25-16-19-33(20-17-25)18-15-24-9-5-3-6-10-24)28-21-27(37-23(2)35)13-14-29(28)34(22)26-11-7-4-8-12-26/h3,5-6,9-10,13-14,21,25-26H,4,7-8,11-12,15-20H2,1-2H3,(H,32,36). The normalized spacial score (nSPS) is 17.7. The molecule has 2 aromatic carbocycles. The van der Waals surface area contributed by atoms with Gasteiger partial charge in [-0.3, -0.25) is 9.59 Å². The molecule has 37 heavy (non-hydrogen) atoms. The number of carbonyl (C=O) groups is 2. The van der Waals surface area contributed by atoms with E-state index in [9.17, 15) is 9.59 Å². The average Bonchev–Trinajstić information content (AvgIpc) is 3.20. The molecular formula is C31H39N3O3. The lowest BCUT2D eigenvalue weighted by atomic mass is 9.95. The van der Waals surface area contributed by atoms with E-state index in [0.29, 0.717) is 11.8 Å². The molecule has 6 nitrogen and oxygen atoms in total. The first-order valence-electron chi connectivity index (χ1n) is 13.9. The van der Waals surface area contributed by atoms with Gasteiger partial charge in [0.2, 0.25) is 0 Å². The molecule has 1 amide bonds. The van der Waals surface area contributed by atoms with Gasteiger partial charge in [-0.25, -0.2) is 0 Å². The molecule has 5 rings (SSSR count). The SMILES string of the molecule is CC(=O)Oc1ccc2c(c1)c(C(=O)NC1CCN(CCc3ccccc3)CC1)c(C)n2C1CCCCC1. The second-order valence-electron chi connectivity index (χ2n) is 10.7. The van der Waals surface area contributed by atoms with Crippen LogP contribution in [0.3, 0.4) is 0 Å². The third-order valence-corrected chi connectivity index (χ3v) is 8.13. The fourth-order valence-corrected chi connectivity index (χ4v) is 6.24. The van der Waals surface area contributed by atoms with Gasteiger partial charge in [0.25, 0.3) is 5.91 Å². The monoisotopic (exact) mass is 501 g/mol. The predicted octanol–water partition coefficient (Wildman–Crippen LogP) is 5.82. The van der Waals surface area contributed by atoms with Crippen LogP contribution in [0.15, 0.2) is 48.5 Å². The third kappa shape index (κ3) is 5.90. The van der Waals surface area contributed by atoms with E-state index in [1.54, 1.807) is 0 Å². The maximum atomic E-state index is 13.7. The molecule has 2 heterocycles. The summed E-state index contributed by atoms with van der Waals surface area (Å²) in [5, 5.41) is 4.23. The molecule has 0 bridgehead atoms. The number of hydrogen-bond acceptors (Lipinski definition) is 4. The molecule has 1 N–H and O–H groups in total. The number of carbonyl (C=O) groups excluding carboxylic acids is 2. The maximum Gasteiger partial charge on any atom is 0.308 e. The highest BCUT2D eigenvalue weighted by atomic mass is 16.5. The number of hydrogen-bond donors (Lipinski definition) is 1. The fraction of sp³-hybridized carbons (Fsp3) is 0.484. The molecule has 1 saturated carbocycles. The van der Waals surface area contributed by atoms with Crippen molar-refractivity contribution in [1.29, 1.82) is 0 Å². The molecule has 0 radical (unpaired) electrons. The fourth-order valence-electron chi connectivity index (χ4n) is 6.24. The molecule has 0 spiro atoms. The minimum atomic E-state index is -0.354. The molecule has 2 aliphatic rings. The van der Waals surface area contributed by atoms with Crippen molar-refractivity contribution < 1.29 is 14.3 Å². The van der Waals surface area contributed by atoms with Gasteiger partial charge in [-0.2, -0.15) is 0 Å². The molecule has 196 valence electrons. The van der Waals surface area contributed by atoms with Crippen LogP contribution in [-0.2, 0) is 11.2 Å². The average molecular weight is 502 g/mol. The van der Waals surface area contributed by atoms with Gasteiger partial charge in [0.1, 0.15) is 5.75 Å². The Morgan fingerprint density at radius 2 is 1.70 bits per heavy atom. The number of esters is 1. The Morgan fingerprint density at radius 1 is 0.973 bits per heavy atom. The Balaban J connectivity index is 1.31. The van der Waals surface area contributed by atoms with Crippen molar-refractivity contribution in [2.24, 2.45) is 0 Å². The highest BCUT2D eigenvalue weighted by molar-refractivity contribution is 6.09. The Bertz CT molecular complexity index is 1240. The Morgan fingerprint density at radius 3 is 2.41 bits per heavy atom. The summed E-state index contributed by atoms with van der Waals surface area (Å²) in [6, 6.07) is 16.9. The number of nitrogens with one attached hydrogen (secondary N) is 1. The van der Waals surface area contributed by atoms with Crippen molar-refractivity contribution >= 4 is 22.8 Å². The van der Waals surface area contributed by atoms with Crippen molar-refractivity contribution in [3.8, 4) is 5.75 Å². The number of nitrogens with zero attached hydrogens (tertiary/aromatic N) is 2. The number of benzene rings is 2. The lowest BCUT2D eigenvalue weighted by molar-refractivity contribution is -0.131. The van der Waals surface area contributed by atoms with Crippen LogP contribution in [0, 0.1) is 6.92 Å². The molecule has 0 atom stereocenters. The van der Waals surface area contributed by atoms with Gasteiger partial charge in [0.15, 0.2) is 0 Å². The summed E-state index contributed by atoms with van der Waals surface area (Å²) in [5.74, 6) is 0.120. The summed E-state index contributed by atoms with van der Waals surface area (Å²) >= 11 is 0. The molecule has 3 aromatic rings. The van der Waals surface area contributed by atoms with Crippen LogP contribution in [0.4, 0.5) is 0 Å². The molecule has 2 fully saturated rings. The number of amides is 1. The van der Waals surface area contributed by atoms with E-state index >= 15 is 0 Å². The topological polar surface area (TPSA) is 63.6 Å². The number of fused-ring (bicyclic) bond motifs is 1. The van der Waals surface area contributed by atoms with E-state index in [-0.39, 0.29) is 17.9 Å². The van der Waals surface area contributed by atoms with E-state index < -0.39 is 0 Å². The van der Waals surface area contributed by atoms with E-state index in [1.807, 2.05) is 18.2 Å². The molecule has 1 saturated heterocycles. The Hall–Kier alpha value is -3.12. The van der Waals surface area contributed by atoms with Crippen LogP contribution in [0.2, 0.25) is 0 Å². The largest absolute Gasteiger partial charge is 0.427 e. The van der Waals surface area contributed by atoms with Crippen LogP contribution in [0.5, 0.6) is 5.75 Å². The third-order valence-electron chi connectivity index (χ3n) is 8.13. The van der Waals surface area contributed by atoms with Crippen molar-refractivity contribution in [1.82, 2.24) is 14.8 Å². The molecular weight excluding hydrogens is 462 g/mol. The molecule has 1 aromatic heterocycles. The van der Waals surface area contributed by atoms with Gasteiger partial charge in [-0.1, -0.05) is 49.6 Å². The van der Waals surface area contributed by atoms with Crippen molar-refractivity contribution in [3.63, 3.8) is 0 Å². The van der Waals surface area contributed by atoms with E-state index in [4.69, 9.17) is 4.74 Å². The van der Waals surface area contributed by atoms with Crippen LogP contribution in [0.1, 0.15) is 79.5 Å². The summed E-state index contributed by atoms with van der Waals surface area (Å²) in [4.78, 5) is 27.8. The lowest BCUT2D eigenvalue weighted by Crippen LogP contribution is -2.45. The second kappa shape index (κ2) is 11.5. The number of piperidine rings is 1. The summed E-state index contributed by atoms with van der Waals surface area (Å²) in [7, 11) is 0. The van der Waals surface area contributed by atoms with Crippen molar-refractivity contribution in [2.45, 2.75) is 77.3 Å². The molecule has 1 aliphatic carbocycles. The van der Waals surface area contributed by atoms with Crippen LogP contribution < -0.4 is 10.1 Å². The first-order valence-corrected chi connectivity index (χ1v) is 13.9. The molecule has 1 aliphatic heterocycles. The van der Waals surface area contributed by atoms with Crippen LogP contribution in [0.25, 0.3) is 10.9 Å². The Kier molecular flexibility index (Phi) is 7.94. The highest BCUT2D eigenvalue weighted by Gasteiger charge is 2.28. The summed E-state index contributed by atoms with van der Waals surface area (Å²) in [5.41, 5.74) is 4.16. The van der Waals surface area contributed by atoms with Crippen LogP contribution in [-0.4, -0.2) is 47.0 Å². The molecule has 0 unspecified atom stereocenters. The predicted molar refractivity (Wildman–Crippen MR) is 147 cm³/mol. The van der Waals surface area contributed by atoms with E-state index in [0.717, 1.165) is 73.9 Å². The quantitative estimate of drug-likeness (QED) is 0.327. The number of rotatable bonds is 7. The zero-order valence-electron chi connectivity index (χ0n) is 22.2. The Labute approximate surface area is 220 Å². The summed E-state index contributed by atoms with van der Waals surface area (Å²) in [6.07, 6.45) is 8.97. The van der Waals surface area contributed by atoms with E-state index in [1.165, 1.54) is 31.7 Å². The number of ether oxygens (including phenoxy) is 1. The van der Waals surface area contributed by atoms with Crippen LogP contribution >= 0.6 is 0 Å². The van der Waals surface area contributed by atoms with Gasteiger partial charge < -0.3 is 19.5 Å². The number of aromatic nitrogens is 1. The first-order chi connectivity index (χ1) is 18.0. The van der Waals surface area contributed by atoms with Gasteiger partial charge in [-0.15, -0.1) is 0 Å². The maximum absolute atomic E-state index is 13.7. The van der Waals surface area contributed by atoms with Gasteiger partial charge in [0.05, 0.1) is 5.56 Å². The lowest BCUT2D eigenvalue weighted by Gasteiger charge is -2.32. The van der Waals surface area contributed by atoms with Gasteiger partial charge in [0, 0.05) is 55.2 Å². The highest BCUT2D eigenvalue weighted by Crippen LogP contribution is 2.37. The summed E-state index contributed by atoms with van der Waals surface area (Å²) in [6.45, 7) is 6.52. The number of likely N-dealkylation sites (tertiary alicyclic amines) is 1. The van der Waals surface area contributed by atoms with Gasteiger partial charge in [-0.05, 0) is 62.8 Å². The summed E-state index contributed by atoms with van der Waals surface area (Å²) < 4.78 is 7.75. The second-order valence-corrected chi connectivity index (χ2v) is 10.7.